The lowest BCUT2D eigenvalue weighted by molar-refractivity contribution is -0.215. The van der Waals surface area contributed by atoms with Crippen molar-refractivity contribution in [1.82, 2.24) is 4.90 Å². The van der Waals surface area contributed by atoms with Crippen LogP contribution < -0.4 is 0 Å². The van der Waals surface area contributed by atoms with Crippen LogP contribution in [0.5, 0.6) is 0 Å². The lowest BCUT2D eigenvalue weighted by Gasteiger charge is -2.34. The van der Waals surface area contributed by atoms with Crippen LogP contribution in [0.3, 0.4) is 0 Å². The summed E-state index contributed by atoms with van der Waals surface area (Å²) in [7, 11) is 0. The third-order valence-electron chi connectivity index (χ3n) is 9.34. The summed E-state index contributed by atoms with van der Waals surface area (Å²) < 4.78 is 47.7. The number of ether oxygens (including phenoxy) is 9. The Labute approximate surface area is 372 Å². The van der Waals surface area contributed by atoms with Crippen LogP contribution in [0, 0.1) is 0 Å². The van der Waals surface area contributed by atoms with Crippen molar-refractivity contribution in [2.75, 3.05) is 119 Å². The lowest BCUT2D eigenvalue weighted by atomic mass is 9.95. The molecule has 0 aromatic rings. The van der Waals surface area contributed by atoms with Gasteiger partial charge in [-0.1, -0.05) is 6.92 Å². The first kappa shape index (κ1) is 60.1. The van der Waals surface area contributed by atoms with Crippen LogP contribution in [0.15, 0.2) is 0 Å². The van der Waals surface area contributed by atoms with Crippen molar-refractivity contribution < 1.29 is 119 Å². The Hall–Kier alpha value is -1.90. The van der Waals surface area contributed by atoms with Crippen LogP contribution in [0.25, 0.3) is 0 Å². The Morgan fingerprint density at radius 2 is 0.984 bits per heavy atom. The number of hydrogen-bond donors (Lipinski definition) is 13. The summed E-state index contributed by atoms with van der Waals surface area (Å²) in [6, 6.07) is 0. The summed E-state index contributed by atoms with van der Waals surface area (Å²) in [5, 5.41) is 129. The molecule has 64 heavy (non-hydrogen) atoms. The summed E-state index contributed by atoms with van der Waals surface area (Å²) in [6.07, 6.45) is -13.8. The van der Waals surface area contributed by atoms with Crippen LogP contribution in [0.1, 0.15) is 40.0 Å². The van der Waals surface area contributed by atoms with Gasteiger partial charge >= 0.3 is 5.97 Å². The highest BCUT2D eigenvalue weighted by atomic mass is 16.7. The molecule has 0 radical (unpaired) electrons. The summed E-state index contributed by atoms with van der Waals surface area (Å²) >= 11 is 0. The van der Waals surface area contributed by atoms with E-state index in [9.17, 15) is 65.8 Å². The molecule has 0 bridgehead atoms. The van der Waals surface area contributed by atoms with Gasteiger partial charge in [0, 0.05) is 32.9 Å². The van der Waals surface area contributed by atoms with E-state index in [1.54, 1.807) is 13.8 Å². The summed E-state index contributed by atoms with van der Waals surface area (Å²) in [5.41, 5.74) is -1.11. The van der Waals surface area contributed by atoms with E-state index in [2.05, 4.69) is 0 Å². The minimum absolute atomic E-state index is 0.0442. The Morgan fingerprint density at radius 3 is 1.31 bits per heavy atom. The Balaban J connectivity index is 2.75. The van der Waals surface area contributed by atoms with E-state index >= 15 is 0 Å². The highest BCUT2D eigenvalue weighted by Gasteiger charge is 2.44. The van der Waals surface area contributed by atoms with Crippen molar-refractivity contribution in [3.8, 4) is 0 Å². The molecule has 1 saturated heterocycles. The zero-order chi connectivity index (χ0) is 48.3. The monoisotopic (exact) mass is 941 g/mol. The van der Waals surface area contributed by atoms with Crippen molar-refractivity contribution in [3.05, 3.63) is 0 Å². The topological polar surface area (TPSA) is 383 Å². The molecule has 0 aliphatic carbocycles. The van der Waals surface area contributed by atoms with E-state index < -0.39 is 137 Å². The molecule has 13 atom stereocenters. The van der Waals surface area contributed by atoms with Gasteiger partial charge in [0.15, 0.2) is 12.2 Å². The van der Waals surface area contributed by atoms with Gasteiger partial charge in [0.05, 0.1) is 130 Å². The first-order valence-electron chi connectivity index (χ1n) is 21.1. The second kappa shape index (κ2) is 32.7. The highest BCUT2D eigenvalue weighted by molar-refractivity contribution is 5.81. The van der Waals surface area contributed by atoms with E-state index in [0.717, 1.165) is 4.90 Å². The van der Waals surface area contributed by atoms with Gasteiger partial charge in [0.2, 0.25) is 5.79 Å². The molecule has 1 aliphatic rings. The number of hydrogen-bond acceptors (Lipinski definition) is 24. The van der Waals surface area contributed by atoms with E-state index in [0.29, 0.717) is 6.42 Å². The van der Waals surface area contributed by atoms with Gasteiger partial charge < -0.3 is 114 Å². The fourth-order valence-electron chi connectivity index (χ4n) is 5.75. The standard InChI is InChI=1S/C39H75NO24/c1-4-38(2,5-25(43)23-63-39(3)6-34(52)37(55)64-39)62-24-35(53)36(54)40(7-26(44)11-56-15-30(48)19-60-21-32(50)17-58-13-28(46)9-41)8-27(45)12-57-16-31(49)20-61-22-33(51)18-59-14-29(47)10-42/h25-35,41-53H,4-24H2,1-3H3. The normalized spacial score (nSPS) is 22.4. The van der Waals surface area contributed by atoms with Crippen molar-refractivity contribution in [2.45, 2.75) is 119 Å². The molecular weight excluding hydrogens is 866 g/mol. The molecule has 1 rings (SSSR count). The number of aliphatic hydroxyl groups excluding tert-OH is 13. The van der Waals surface area contributed by atoms with Crippen LogP contribution in [-0.4, -0.2) is 280 Å². The average Bonchev–Trinajstić information content (AvgIpc) is 3.51. The number of esters is 1. The number of aliphatic hydroxyl groups is 13. The maximum Gasteiger partial charge on any atom is 0.337 e. The predicted octanol–water partition coefficient (Wildman–Crippen LogP) is -6.88. The minimum Gasteiger partial charge on any atom is -0.431 e. The zero-order valence-corrected chi connectivity index (χ0v) is 37.0. The van der Waals surface area contributed by atoms with E-state index in [4.69, 9.17) is 52.8 Å². The molecule has 1 aliphatic heterocycles. The maximum absolute atomic E-state index is 13.6. The molecule has 1 amide bonds. The molecule has 13 N–H and O–H groups in total. The first-order chi connectivity index (χ1) is 30.1. The van der Waals surface area contributed by atoms with Gasteiger partial charge in [-0.15, -0.1) is 0 Å². The van der Waals surface area contributed by atoms with Gasteiger partial charge in [0.25, 0.3) is 5.91 Å². The Bertz CT molecular complexity index is 1180. The molecule has 1 heterocycles. The first-order valence-corrected chi connectivity index (χ1v) is 21.1. The summed E-state index contributed by atoms with van der Waals surface area (Å²) in [5.74, 6) is -3.26. The van der Waals surface area contributed by atoms with Crippen LogP contribution in [-0.2, 0) is 52.2 Å². The Morgan fingerprint density at radius 1 is 0.625 bits per heavy atom. The summed E-state index contributed by atoms with van der Waals surface area (Å²) in [4.78, 5) is 26.1. The fraction of sp³-hybridized carbons (Fsp3) is 0.949. The molecule has 25 heteroatoms. The van der Waals surface area contributed by atoms with E-state index in [1.807, 2.05) is 0 Å². The van der Waals surface area contributed by atoms with E-state index in [-0.39, 0.29) is 85.5 Å². The minimum atomic E-state index is -1.84. The zero-order valence-electron chi connectivity index (χ0n) is 37.0. The number of carbonyl (C=O) groups excluding carboxylic acids is 2. The van der Waals surface area contributed by atoms with Gasteiger partial charge in [-0.3, -0.25) is 4.79 Å². The van der Waals surface area contributed by atoms with Crippen molar-refractivity contribution in [3.63, 3.8) is 0 Å². The lowest BCUT2D eigenvalue weighted by Crippen LogP contribution is -2.50. The number of cyclic esters (lactones) is 1. The van der Waals surface area contributed by atoms with Crippen molar-refractivity contribution in [1.29, 1.82) is 0 Å². The number of nitrogens with zero attached hydrogens (tertiary/aromatic N) is 1. The molecule has 0 saturated carbocycles. The maximum atomic E-state index is 13.6. The van der Waals surface area contributed by atoms with Gasteiger partial charge in [-0.25, -0.2) is 4.79 Å². The Kier molecular flexibility index (Phi) is 30.8. The number of amides is 1. The van der Waals surface area contributed by atoms with Crippen LogP contribution in [0.4, 0.5) is 0 Å². The van der Waals surface area contributed by atoms with Gasteiger partial charge in [-0.05, 0) is 13.3 Å². The molecule has 0 spiro atoms. The SMILES string of the molecule is CCC(C)(CC(O)COC1(C)CC(O)C(=O)O1)OCC(O)C(=O)N(CC(O)COCC(O)COCC(O)COCC(O)CO)CC(O)COCC(O)COCC(O)COCC(O)CO. The molecule has 380 valence electrons. The summed E-state index contributed by atoms with van der Waals surface area (Å²) in [6.45, 7) is -1.36. The van der Waals surface area contributed by atoms with Crippen molar-refractivity contribution >= 4 is 11.9 Å². The van der Waals surface area contributed by atoms with Crippen LogP contribution >= 0.6 is 0 Å². The van der Waals surface area contributed by atoms with Gasteiger partial charge in [-0.2, -0.15) is 0 Å². The second-order valence-electron chi connectivity index (χ2n) is 16.1. The quantitative estimate of drug-likeness (QED) is 0.0254. The third-order valence-corrected chi connectivity index (χ3v) is 9.34. The average molecular weight is 942 g/mol. The fourth-order valence-corrected chi connectivity index (χ4v) is 5.75. The second-order valence-corrected chi connectivity index (χ2v) is 16.1. The molecule has 13 unspecified atom stereocenters. The van der Waals surface area contributed by atoms with E-state index in [1.165, 1.54) is 6.92 Å². The highest BCUT2D eigenvalue weighted by Crippen LogP contribution is 2.29. The molecule has 0 aromatic carbocycles. The molecule has 25 nitrogen and oxygen atoms in total. The van der Waals surface area contributed by atoms with Crippen LogP contribution in [0.2, 0.25) is 0 Å². The van der Waals surface area contributed by atoms with Gasteiger partial charge in [0.1, 0.15) is 36.6 Å². The molecule has 1 fully saturated rings. The predicted molar refractivity (Wildman–Crippen MR) is 216 cm³/mol. The molecular formula is C39H75NO24. The number of rotatable bonds is 40. The third kappa shape index (κ3) is 27.0. The number of carbonyl (C=O) groups is 2. The largest absolute Gasteiger partial charge is 0.431 e. The molecule has 0 aromatic heterocycles. The smallest absolute Gasteiger partial charge is 0.337 e. The van der Waals surface area contributed by atoms with Crippen molar-refractivity contribution in [2.24, 2.45) is 0 Å².